The molecule has 0 aromatic heterocycles. The molecule has 0 aliphatic rings. The molecule has 1 aromatic carbocycles. The summed E-state index contributed by atoms with van der Waals surface area (Å²) in [6, 6.07) is 7.63. The van der Waals surface area contributed by atoms with E-state index in [-0.39, 0.29) is 25.2 Å². The summed E-state index contributed by atoms with van der Waals surface area (Å²) in [5, 5.41) is 2.47. The molecule has 7 nitrogen and oxygen atoms in total. The van der Waals surface area contributed by atoms with Gasteiger partial charge in [0, 0.05) is 6.42 Å². The van der Waals surface area contributed by atoms with Crippen LogP contribution in [0.4, 0.5) is 4.79 Å². The number of nitrogens with one attached hydrogen (secondary N) is 1. The fraction of sp³-hybridized carbons (Fsp3) is 0.526. The predicted molar refractivity (Wildman–Crippen MR) is 97.3 cm³/mol. The van der Waals surface area contributed by atoms with E-state index in [2.05, 4.69) is 5.32 Å². The molecule has 0 unspecified atom stereocenters. The van der Waals surface area contributed by atoms with E-state index in [1.54, 1.807) is 27.7 Å². The van der Waals surface area contributed by atoms with Gasteiger partial charge in [-0.15, -0.1) is 0 Å². The van der Waals surface area contributed by atoms with Gasteiger partial charge in [-0.3, -0.25) is 9.59 Å². The second kappa shape index (κ2) is 9.91. The fourth-order valence-electron chi connectivity index (χ4n) is 2.03. The third-order valence-corrected chi connectivity index (χ3v) is 3.44. The molecule has 144 valence electrons. The number of carbonyl (C=O) groups excluding carboxylic acids is 3. The van der Waals surface area contributed by atoms with Crippen molar-refractivity contribution in [3.63, 3.8) is 0 Å². The number of ketones is 1. The Hall–Kier alpha value is -2.41. The summed E-state index contributed by atoms with van der Waals surface area (Å²) in [6.07, 6.45) is -0.462. The average Bonchev–Trinajstić information content (AvgIpc) is 2.56. The number of nitrogens with two attached hydrogens (primary N) is 1. The number of benzene rings is 1. The van der Waals surface area contributed by atoms with E-state index in [0.717, 1.165) is 5.56 Å². The van der Waals surface area contributed by atoms with Gasteiger partial charge in [-0.25, -0.2) is 4.79 Å². The first-order chi connectivity index (χ1) is 12.1. The lowest BCUT2D eigenvalue weighted by Crippen LogP contribution is -2.42. The molecule has 0 aliphatic heterocycles. The van der Waals surface area contributed by atoms with Crippen molar-refractivity contribution in [3.05, 3.63) is 35.9 Å². The normalized spacial score (nSPS) is 13.4. The summed E-state index contributed by atoms with van der Waals surface area (Å²) < 4.78 is 10.2. The van der Waals surface area contributed by atoms with Gasteiger partial charge in [-0.1, -0.05) is 30.3 Å². The number of esters is 1. The number of carbonyl (C=O) groups is 3. The molecule has 3 N–H and O–H groups in total. The number of amides is 1. The minimum Gasteiger partial charge on any atom is -0.460 e. The van der Waals surface area contributed by atoms with Crippen molar-refractivity contribution in [2.24, 2.45) is 5.73 Å². The zero-order valence-corrected chi connectivity index (χ0v) is 15.8. The molecule has 1 aromatic rings. The lowest BCUT2D eigenvalue weighted by molar-refractivity contribution is -0.146. The summed E-state index contributed by atoms with van der Waals surface area (Å²) >= 11 is 0. The zero-order chi connectivity index (χ0) is 19.7. The van der Waals surface area contributed by atoms with Gasteiger partial charge < -0.3 is 20.5 Å². The topological polar surface area (TPSA) is 108 Å². The van der Waals surface area contributed by atoms with Crippen molar-refractivity contribution < 1.29 is 23.9 Å². The van der Waals surface area contributed by atoms with Gasteiger partial charge in [-0.05, 0) is 39.7 Å². The van der Waals surface area contributed by atoms with Crippen LogP contribution in [0.2, 0.25) is 0 Å². The van der Waals surface area contributed by atoms with Crippen LogP contribution in [0.15, 0.2) is 30.3 Å². The van der Waals surface area contributed by atoms with Crippen molar-refractivity contribution in [1.82, 2.24) is 5.32 Å². The van der Waals surface area contributed by atoms with Gasteiger partial charge in [-0.2, -0.15) is 0 Å². The maximum Gasteiger partial charge on any atom is 0.408 e. The molecule has 0 spiro atoms. The van der Waals surface area contributed by atoms with E-state index in [1.165, 1.54) is 0 Å². The van der Waals surface area contributed by atoms with Crippen LogP contribution in [0.5, 0.6) is 0 Å². The number of ether oxygens (including phenoxy) is 2. The van der Waals surface area contributed by atoms with E-state index in [9.17, 15) is 14.4 Å². The van der Waals surface area contributed by atoms with Crippen molar-refractivity contribution in [2.45, 2.75) is 64.8 Å². The number of hydrogen-bond donors (Lipinski definition) is 2. The van der Waals surface area contributed by atoms with Crippen molar-refractivity contribution in [3.8, 4) is 0 Å². The molecule has 0 saturated heterocycles. The first-order valence-electron chi connectivity index (χ1n) is 8.57. The first-order valence-corrected chi connectivity index (χ1v) is 8.57. The maximum absolute atomic E-state index is 12.1. The highest BCUT2D eigenvalue weighted by atomic mass is 16.6. The van der Waals surface area contributed by atoms with Crippen LogP contribution in [0, 0.1) is 0 Å². The van der Waals surface area contributed by atoms with Gasteiger partial charge in [0.1, 0.15) is 18.2 Å². The van der Waals surface area contributed by atoms with E-state index >= 15 is 0 Å². The van der Waals surface area contributed by atoms with Crippen LogP contribution in [-0.4, -0.2) is 35.5 Å². The van der Waals surface area contributed by atoms with Crippen LogP contribution in [-0.2, 0) is 25.7 Å². The Balaban J connectivity index is 2.33. The SMILES string of the molecule is C[C@H](NC(=O)OC(C)(C)C)C(=O)CC[C@H](N)C(=O)OCc1ccccc1. The lowest BCUT2D eigenvalue weighted by Gasteiger charge is -2.21. The molecule has 7 heteroatoms. The monoisotopic (exact) mass is 364 g/mol. The third kappa shape index (κ3) is 8.62. The molecule has 0 aliphatic carbocycles. The number of hydrogen-bond acceptors (Lipinski definition) is 6. The highest BCUT2D eigenvalue weighted by Crippen LogP contribution is 2.08. The predicted octanol–water partition coefficient (Wildman–Crippen LogP) is 2.32. The van der Waals surface area contributed by atoms with Crippen LogP contribution in [0.3, 0.4) is 0 Å². The summed E-state index contributed by atoms with van der Waals surface area (Å²) in [5.74, 6) is -0.795. The van der Waals surface area contributed by atoms with Crippen LogP contribution in [0.1, 0.15) is 46.1 Å². The van der Waals surface area contributed by atoms with E-state index in [0.29, 0.717) is 0 Å². The fourth-order valence-corrected chi connectivity index (χ4v) is 2.03. The maximum atomic E-state index is 12.1. The van der Waals surface area contributed by atoms with Gasteiger partial charge in [0.05, 0.1) is 6.04 Å². The minimum absolute atomic E-state index is 0.0541. The summed E-state index contributed by atoms with van der Waals surface area (Å²) in [6.45, 7) is 6.90. The molecule has 0 heterocycles. The summed E-state index contributed by atoms with van der Waals surface area (Å²) in [4.78, 5) is 35.6. The van der Waals surface area contributed by atoms with Gasteiger partial charge in [0.25, 0.3) is 0 Å². The zero-order valence-electron chi connectivity index (χ0n) is 15.8. The van der Waals surface area contributed by atoms with E-state index in [4.69, 9.17) is 15.2 Å². The average molecular weight is 364 g/mol. The van der Waals surface area contributed by atoms with Crippen LogP contribution < -0.4 is 11.1 Å². The molecule has 26 heavy (non-hydrogen) atoms. The lowest BCUT2D eigenvalue weighted by atomic mass is 10.1. The number of rotatable bonds is 8. The number of alkyl carbamates (subject to hydrolysis) is 1. The van der Waals surface area contributed by atoms with Gasteiger partial charge in [0.2, 0.25) is 0 Å². The molecule has 0 saturated carbocycles. The highest BCUT2D eigenvalue weighted by Gasteiger charge is 2.23. The third-order valence-electron chi connectivity index (χ3n) is 3.44. The Morgan fingerprint density at radius 1 is 1.15 bits per heavy atom. The van der Waals surface area contributed by atoms with Crippen molar-refractivity contribution in [2.75, 3.05) is 0 Å². The Labute approximate surface area is 154 Å². The molecule has 1 rings (SSSR count). The Morgan fingerprint density at radius 2 is 1.77 bits per heavy atom. The first kappa shape index (κ1) is 21.6. The van der Waals surface area contributed by atoms with E-state index in [1.807, 2.05) is 30.3 Å². The van der Waals surface area contributed by atoms with Gasteiger partial charge >= 0.3 is 12.1 Å². The second-order valence-corrected chi connectivity index (χ2v) is 7.07. The van der Waals surface area contributed by atoms with E-state index < -0.39 is 29.7 Å². The quantitative estimate of drug-likeness (QED) is 0.686. The largest absolute Gasteiger partial charge is 0.460 e. The molecule has 1 amide bonds. The molecular formula is C19H28N2O5. The molecule has 0 radical (unpaired) electrons. The molecular weight excluding hydrogens is 336 g/mol. The van der Waals surface area contributed by atoms with Crippen molar-refractivity contribution >= 4 is 17.8 Å². The molecule has 0 fully saturated rings. The Bertz CT molecular complexity index is 610. The standard InChI is InChI=1S/C19H28N2O5/c1-13(21-18(24)26-19(2,3)4)16(22)11-10-15(20)17(23)25-12-14-8-6-5-7-9-14/h5-9,13,15H,10-12,20H2,1-4H3,(H,21,24)/t13-,15-/m0/s1. The molecule has 2 atom stereocenters. The van der Waals surface area contributed by atoms with Crippen molar-refractivity contribution in [1.29, 1.82) is 0 Å². The Morgan fingerprint density at radius 3 is 2.35 bits per heavy atom. The van der Waals surface area contributed by atoms with Gasteiger partial charge in [0.15, 0.2) is 5.78 Å². The highest BCUT2D eigenvalue weighted by molar-refractivity contribution is 5.87. The smallest absolute Gasteiger partial charge is 0.408 e. The number of Topliss-reactive ketones (excluding diaryl/α,β-unsaturated/α-hetero) is 1. The Kier molecular flexibility index (Phi) is 8.25. The summed E-state index contributed by atoms with van der Waals surface area (Å²) in [7, 11) is 0. The second-order valence-electron chi connectivity index (χ2n) is 7.07. The van der Waals surface area contributed by atoms with Crippen LogP contribution >= 0.6 is 0 Å². The minimum atomic E-state index is -0.892. The van der Waals surface area contributed by atoms with Crippen LogP contribution in [0.25, 0.3) is 0 Å². The summed E-state index contributed by atoms with van der Waals surface area (Å²) in [5.41, 5.74) is 5.99. The molecule has 0 bridgehead atoms.